The second-order valence-electron chi connectivity index (χ2n) is 8.10. The number of nitrogens with two attached hydrogens (primary N) is 2. The first-order valence-corrected chi connectivity index (χ1v) is 12.1. The Morgan fingerprint density at radius 2 is 2.06 bits per heavy atom. The van der Waals surface area contributed by atoms with E-state index in [1.165, 1.54) is 51.6 Å². The Morgan fingerprint density at radius 3 is 2.74 bits per heavy atom. The van der Waals surface area contributed by atoms with Crippen LogP contribution in [0.15, 0.2) is 36.8 Å². The maximum Gasteiger partial charge on any atom is 0.143 e. The molecule has 1 unspecified atom stereocenters. The number of hydrogen-bond acceptors (Lipinski definition) is 6. The van der Waals surface area contributed by atoms with Crippen molar-refractivity contribution in [3.8, 4) is 16.9 Å². The molecule has 166 valence electrons. The van der Waals surface area contributed by atoms with E-state index in [0.29, 0.717) is 23.8 Å². The minimum absolute atomic E-state index is 0.290. The Labute approximate surface area is 185 Å². The summed E-state index contributed by atoms with van der Waals surface area (Å²) in [6.45, 7) is 4.48. The maximum absolute atomic E-state index is 10.8. The minimum atomic E-state index is -1.36. The van der Waals surface area contributed by atoms with Crippen LogP contribution in [0, 0.1) is 5.92 Å². The van der Waals surface area contributed by atoms with E-state index >= 15 is 0 Å². The lowest BCUT2D eigenvalue weighted by Crippen LogP contribution is -2.41. The fraction of sp³-hybridized carbons (Fsp3) is 0.455. The van der Waals surface area contributed by atoms with Gasteiger partial charge in [-0.05, 0) is 56.0 Å². The van der Waals surface area contributed by atoms with Crippen molar-refractivity contribution in [2.24, 2.45) is 11.1 Å². The van der Waals surface area contributed by atoms with Gasteiger partial charge in [-0.15, -0.1) is 0 Å². The first-order chi connectivity index (χ1) is 15.1. The molecule has 1 aliphatic heterocycles. The van der Waals surface area contributed by atoms with Gasteiger partial charge in [0.05, 0.1) is 22.1 Å². The molecule has 9 heteroatoms. The first-order valence-electron chi connectivity index (χ1n) is 10.8. The average Bonchev–Trinajstić information content (AvgIpc) is 3.12. The topological polar surface area (TPSA) is 123 Å². The molecular weight excluding hydrogens is 412 g/mol. The molecule has 1 aromatic carbocycles. The number of nitrogens with zero attached hydrogens (tertiary/aromatic N) is 3. The van der Waals surface area contributed by atoms with Crippen molar-refractivity contribution < 1.29 is 8.95 Å². The monoisotopic (exact) mass is 442 g/mol. The van der Waals surface area contributed by atoms with Gasteiger partial charge in [0.1, 0.15) is 30.1 Å². The number of anilines is 1. The number of hydrogen-bond donors (Lipinski definition) is 3. The lowest BCUT2D eigenvalue weighted by Gasteiger charge is -2.37. The van der Waals surface area contributed by atoms with Crippen molar-refractivity contribution in [2.75, 3.05) is 37.7 Å². The third kappa shape index (κ3) is 5.61. The zero-order chi connectivity index (χ0) is 21.6. The summed E-state index contributed by atoms with van der Waals surface area (Å²) in [5.41, 5.74) is 8.46. The molecule has 5 rings (SSSR count). The average molecular weight is 443 g/mol. The number of likely N-dealkylation sites (tertiary alicyclic amines) is 1. The second kappa shape index (κ2) is 10.2. The third-order valence-corrected chi connectivity index (χ3v) is 6.46. The van der Waals surface area contributed by atoms with Gasteiger partial charge in [0.15, 0.2) is 0 Å². The molecule has 0 spiro atoms. The van der Waals surface area contributed by atoms with Crippen LogP contribution in [0.2, 0.25) is 0 Å². The fourth-order valence-corrected chi connectivity index (χ4v) is 4.06. The summed E-state index contributed by atoms with van der Waals surface area (Å²) in [6, 6.07) is 7.54. The van der Waals surface area contributed by atoms with Crippen LogP contribution in [0.25, 0.3) is 22.2 Å². The highest BCUT2D eigenvalue weighted by molar-refractivity contribution is 7.82. The van der Waals surface area contributed by atoms with Gasteiger partial charge in [-0.25, -0.2) is 14.2 Å². The second-order valence-corrected chi connectivity index (χ2v) is 9.27. The van der Waals surface area contributed by atoms with Crippen molar-refractivity contribution in [1.82, 2.24) is 19.9 Å². The van der Waals surface area contributed by atoms with E-state index in [1.54, 1.807) is 0 Å². The molecule has 1 atom stereocenters. The molecule has 0 bridgehead atoms. The third-order valence-electron chi connectivity index (χ3n) is 5.89. The molecule has 1 saturated carbocycles. The molecule has 1 saturated heterocycles. The van der Waals surface area contributed by atoms with E-state index < -0.39 is 11.0 Å². The highest BCUT2D eigenvalue weighted by atomic mass is 32.2. The van der Waals surface area contributed by atoms with Crippen LogP contribution in [0.1, 0.15) is 25.7 Å². The van der Waals surface area contributed by atoms with E-state index in [1.807, 2.05) is 30.5 Å². The van der Waals surface area contributed by atoms with Crippen molar-refractivity contribution in [3.63, 3.8) is 0 Å². The lowest BCUT2D eigenvalue weighted by molar-refractivity contribution is 0.121. The number of rotatable bonds is 7. The fourth-order valence-electron chi connectivity index (χ4n) is 3.81. The van der Waals surface area contributed by atoms with Crippen molar-refractivity contribution in [3.05, 3.63) is 36.8 Å². The predicted molar refractivity (Wildman–Crippen MR) is 125 cm³/mol. The number of nitrogens with one attached hydrogen (secondary N) is 1. The van der Waals surface area contributed by atoms with Crippen LogP contribution in [0.5, 0.6) is 5.75 Å². The maximum atomic E-state index is 10.8. The van der Waals surface area contributed by atoms with Gasteiger partial charge in [-0.2, -0.15) is 0 Å². The molecular formula is C22H30N6O2S. The molecule has 2 fully saturated rings. The largest absolute Gasteiger partial charge is 0.493 e. The quantitative estimate of drug-likeness (QED) is 0.517. The zero-order valence-electron chi connectivity index (χ0n) is 17.6. The number of aromatic amines is 1. The Kier molecular flexibility index (Phi) is 7.16. The van der Waals surface area contributed by atoms with Crippen LogP contribution < -0.4 is 15.6 Å². The summed E-state index contributed by atoms with van der Waals surface area (Å²) in [5.74, 6) is 2.47. The Balaban J connectivity index is 0.000000212. The summed E-state index contributed by atoms with van der Waals surface area (Å²) in [6.07, 6.45) is 9.23. The van der Waals surface area contributed by atoms with E-state index in [4.69, 9.17) is 15.6 Å². The molecule has 0 amide bonds. The Bertz CT molecular complexity index is 1020. The Morgan fingerprint density at radius 1 is 1.23 bits per heavy atom. The van der Waals surface area contributed by atoms with Gasteiger partial charge < -0.3 is 20.4 Å². The van der Waals surface area contributed by atoms with E-state index in [0.717, 1.165) is 22.4 Å². The van der Waals surface area contributed by atoms with Crippen LogP contribution in [0.4, 0.5) is 5.82 Å². The summed E-state index contributed by atoms with van der Waals surface area (Å²) in [4.78, 5) is 13.8. The summed E-state index contributed by atoms with van der Waals surface area (Å²) >= 11 is 0. The van der Waals surface area contributed by atoms with E-state index in [2.05, 4.69) is 19.9 Å². The van der Waals surface area contributed by atoms with Gasteiger partial charge >= 0.3 is 0 Å². The number of fused-ring (bicyclic) bond motifs is 1. The highest BCUT2D eigenvalue weighted by Crippen LogP contribution is 2.32. The van der Waals surface area contributed by atoms with Crippen LogP contribution in [0.3, 0.4) is 0 Å². The number of nitrogen functional groups attached to an aromatic ring is 1. The molecule has 2 aliphatic rings. The molecule has 5 N–H and O–H groups in total. The van der Waals surface area contributed by atoms with E-state index in [9.17, 15) is 4.21 Å². The number of aromatic nitrogens is 3. The Hall–Kier alpha value is -2.49. The van der Waals surface area contributed by atoms with E-state index in [-0.39, 0.29) is 5.75 Å². The number of benzene rings is 1. The molecule has 0 radical (unpaired) electrons. The predicted octanol–water partition coefficient (Wildman–Crippen LogP) is 2.70. The van der Waals surface area contributed by atoms with Gasteiger partial charge in [0, 0.05) is 18.3 Å². The van der Waals surface area contributed by atoms with Crippen LogP contribution in [-0.4, -0.2) is 56.1 Å². The molecule has 1 aliphatic carbocycles. The molecule has 3 heterocycles. The molecule has 8 nitrogen and oxygen atoms in total. The van der Waals surface area contributed by atoms with Gasteiger partial charge in [0.25, 0.3) is 0 Å². The van der Waals surface area contributed by atoms with Gasteiger partial charge in [0.2, 0.25) is 0 Å². The van der Waals surface area contributed by atoms with Crippen molar-refractivity contribution in [1.29, 1.82) is 0 Å². The normalized spacial score (nSPS) is 17.3. The van der Waals surface area contributed by atoms with Crippen molar-refractivity contribution >= 4 is 27.8 Å². The zero-order valence-corrected chi connectivity index (χ0v) is 18.4. The molecule has 2 aromatic heterocycles. The van der Waals surface area contributed by atoms with Crippen molar-refractivity contribution in [2.45, 2.75) is 25.7 Å². The summed E-state index contributed by atoms with van der Waals surface area (Å²) < 4.78 is 16.4. The smallest absolute Gasteiger partial charge is 0.143 e. The number of ether oxygens (including phenoxy) is 1. The van der Waals surface area contributed by atoms with Gasteiger partial charge in [-0.3, -0.25) is 5.14 Å². The van der Waals surface area contributed by atoms with Gasteiger partial charge in [-0.1, -0.05) is 18.6 Å². The lowest BCUT2D eigenvalue weighted by atomic mass is 9.84. The summed E-state index contributed by atoms with van der Waals surface area (Å²) in [5, 5.41) is 5.98. The standard InChI is InChI=1S/C14H15N5O2S.C8H15N/c15-13-12-11(7-17-14(12)19-8-18-13)9-2-1-3-10(6-9)21-4-5-22(16)20;1-3-8(4-1)7-9-5-2-6-9/h1-3,6-8H,4-5,16H2,(H3,15,17,18,19);8H,1-7H2. The minimum Gasteiger partial charge on any atom is -0.493 e. The highest BCUT2D eigenvalue weighted by Gasteiger charge is 2.23. The SMILES string of the molecule is C1CC(CN2CCC2)C1.Nc1ncnc2[nH]cc(-c3cccc(OCCS(N)=O)c3)c12. The molecule has 31 heavy (non-hydrogen) atoms. The van der Waals surface area contributed by atoms with Crippen LogP contribution >= 0.6 is 0 Å². The molecule has 3 aromatic rings. The summed E-state index contributed by atoms with van der Waals surface area (Å²) in [7, 11) is -1.36. The first kappa shape index (κ1) is 21.7. The number of H-pyrrole nitrogens is 1. The van der Waals surface area contributed by atoms with Crippen LogP contribution in [-0.2, 0) is 11.0 Å².